The molecule has 0 aromatic carbocycles. The molecule has 6 nitrogen and oxygen atoms in total. The van der Waals surface area contributed by atoms with Crippen molar-refractivity contribution in [1.82, 2.24) is 5.32 Å². The minimum atomic E-state index is -0.813. The van der Waals surface area contributed by atoms with Crippen molar-refractivity contribution in [3.8, 4) is 0 Å². The minimum absolute atomic E-state index is 0.0150. The molecule has 0 heterocycles. The number of primary amides is 1. The highest BCUT2D eigenvalue weighted by molar-refractivity contribution is 7.80. The van der Waals surface area contributed by atoms with Gasteiger partial charge < -0.3 is 20.9 Å². The van der Waals surface area contributed by atoms with Crippen molar-refractivity contribution in [2.45, 2.75) is 45.3 Å². The van der Waals surface area contributed by atoms with Crippen LogP contribution in [0.2, 0.25) is 0 Å². The molecule has 0 bridgehead atoms. The van der Waals surface area contributed by atoms with E-state index < -0.39 is 28.7 Å². The summed E-state index contributed by atoms with van der Waals surface area (Å²) in [6.07, 6.45) is -0.547. The lowest BCUT2D eigenvalue weighted by Crippen LogP contribution is -2.43. The van der Waals surface area contributed by atoms with Gasteiger partial charge in [0.15, 0.2) is 5.05 Å². The summed E-state index contributed by atoms with van der Waals surface area (Å²) in [6.45, 7) is 5.13. The molecule has 0 aliphatic rings. The molecule has 0 spiro atoms. The Hall–Kier alpha value is -1.37. The topological polar surface area (TPSA) is 102 Å². The zero-order chi connectivity index (χ0) is 13.6. The number of amides is 2. The van der Waals surface area contributed by atoms with Crippen LogP contribution in [0.5, 0.6) is 0 Å². The first kappa shape index (κ1) is 15.6. The highest BCUT2D eigenvalue weighted by atomic mass is 32.1. The van der Waals surface area contributed by atoms with Gasteiger partial charge in [-0.05, 0) is 39.4 Å². The normalized spacial score (nSPS) is 12.6. The quantitative estimate of drug-likeness (QED) is 0.642. The summed E-state index contributed by atoms with van der Waals surface area (Å²) in [6, 6.07) is -0.813. The van der Waals surface area contributed by atoms with Crippen molar-refractivity contribution >= 4 is 29.3 Å². The summed E-state index contributed by atoms with van der Waals surface area (Å²) in [4.78, 5) is 22.0. The third-order valence-corrected chi connectivity index (χ3v) is 1.95. The first-order valence-corrected chi connectivity index (χ1v) is 5.53. The average molecular weight is 262 g/mol. The summed E-state index contributed by atoms with van der Waals surface area (Å²) < 4.78 is 4.99. The van der Waals surface area contributed by atoms with Crippen molar-refractivity contribution in [3.05, 3.63) is 0 Å². The van der Waals surface area contributed by atoms with Crippen molar-refractivity contribution in [2.75, 3.05) is 0 Å². The van der Waals surface area contributed by atoms with E-state index in [-0.39, 0.29) is 12.8 Å². The van der Waals surface area contributed by atoms with Gasteiger partial charge in [0, 0.05) is 6.42 Å². The molecule has 98 valence electrons. The number of nitrogens with two attached hydrogens (primary N) is 1. The van der Waals surface area contributed by atoms with E-state index in [4.69, 9.17) is 10.5 Å². The van der Waals surface area contributed by atoms with Crippen LogP contribution >= 0.6 is 12.2 Å². The second-order valence-corrected chi connectivity index (χ2v) is 4.96. The Kier molecular flexibility index (Phi) is 5.87. The number of aliphatic hydroxyl groups is 1. The van der Waals surface area contributed by atoms with Gasteiger partial charge in [-0.15, -0.1) is 0 Å². The lowest BCUT2D eigenvalue weighted by Gasteiger charge is -2.22. The molecule has 2 amide bonds. The molecule has 0 aromatic rings. The minimum Gasteiger partial charge on any atom is -0.500 e. The van der Waals surface area contributed by atoms with Crippen molar-refractivity contribution < 1.29 is 19.4 Å². The zero-order valence-corrected chi connectivity index (χ0v) is 11.0. The van der Waals surface area contributed by atoms with Gasteiger partial charge >= 0.3 is 6.09 Å². The first-order valence-electron chi connectivity index (χ1n) is 5.12. The fourth-order valence-corrected chi connectivity index (χ4v) is 1.17. The van der Waals surface area contributed by atoms with Crippen LogP contribution in [0.25, 0.3) is 0 Å². The van der Waals surface area contributed by atoms with Crippen molar-refractivity contribution in [2.24, 2.45) is 5.73 Å². The molecule has 0 radical (unpaired) electrons. The van der Waals surface area contributed by atoms with Crippen LogP contribution in [0.4, 0.5) is 4.79 Å². The standard InChI is InChI=1S/C10H18N2O4S/c1-10(2,3)16-9(15)12-6(8(14)17)4-5-7(11)13/h6H,4-5H2,1-3H3,(H2,11,13)(H,12,15)(H,14,17). The number of alkyl carbamates (subject to hydrolysis) is 1. The molecule has 1 unspecified atom stereocenters. The Morgan fingerprint density at radius 1 is 1.47 bits per heavy atom. The maximum atomic E-state index is 11.4. The Labute approximate surface area is 106 Å². The van der Waals surface area contributed by atoms with E-state index in [1.54, 1.807) is 20.8 Å². The molecule has 17 heavy (non-hydrogen) atoms. The van der Waals surface area contributed by atoms with Gasteiger partial charge in [0.2, 0.25) is 5.91 Å². The fourth-order valence-electron chi connectivity index (χ4n) is 0.994. The van der Waals surface area contributed by atoms with Crippen LogP contribution in [-0.4, -0.2) is 33.8 Å². The van der Waals surface area contributed by atoms with E-state index in [1.165, 1.54) is 0 Å². The third-order valence-electron chi connectivity index (χ3n) is 1.67. The number of hydrogen-bond acceptors (Lipinski definition) is 4. The van der Waals surface area contributed by atoms with Gasteiger partial charge in [-0.1, -0.05) is 0 Å². The number of carbonyl (C=O) groups excluding carboxylic acids is 2. The number of nitrogens with one attached hydrogen (secondary N) is 1. The summed E-state index contributed by atoms with van der Waals surface area (Å²) in [5.74, 6) is -0.530. The van der Waals surface area contributed by atoms with E-state index in [1.807, 2.05) is 0 Å². The second-order valence-electron chi connectivity index (χ2n) is 4.54. The lowest BCUT2D eigenvalue weighted by molar-refractivity contribution is -0.118. The molecule has 0 aliphatic heterocycles. The molecule has 4 N–H and O–H groups in total. The summed E-state index contributed by atoms with van der Waals surface area (Å²) in [5.41, 5.74) is 4.32. The van der Waals surface area contributed by atoms with Crippen LogP contribution in [-0.2, 0) is 9.53 Å². The van der Waals surface area contributed by atoms with Crippen LogP contribution in [0.15, 0.2) is 0 Å². The van der Waals surface area contributed by atoms with E-state index in [0.29, 0.717) is 0 Å². The largest absolute Gasteiger partial charge is 0.500 e. The molecule has 0 rings (SSSR count). The number of rotatable bonds is 5. The fraction of sp³-hybridized carbons (Fsp3) is 0.700. The molecule has 0 saturated heterocycles. The second kappa shape index (κ2) is 6.39. The van der Waals surface area contributed by atoms with Gasteiger partial charge in [-0.25, -0.2) is 4.79 Å². The predicted octanol–water partition coefficient (Wildman–Crippen LogP) is 1.03. The molecule has 0 saturated carbocycles. The molecule has 1 atom stereocenters. The van der Waals surface area contributed by atoms with Crippen LogP contribution in [0.3, 0.4) is 0 Å². The number of thiocarbonyl (C=S) groups is 1. The Morgan fingerprint density at radius 3 is 2.35 bits per heavy atom. The first-order chi connectivity index (χ1) is 7.61. The Balaban J connectivity index is 4.30. The number of aliphatic hydroxyl groups excluding tert-OH is 1. The van der Waals surface area contributed by atoms with Gasteiger partial charge in [0.1, 0.15) is 11.6 Å². The van der Waals surface area contributed by atoms with Crippen LogP contribution < -0.4 is 11.1 Å². The summed E-state index contributed by atoms with van der Waals surface area (Å²) in [5, 5.41) is 11.1. The molecular weight excluding hydrogens is 244 g/mol. The number of hydrogen-bond donors (Lipinski definition) is 3. The highest BCUT2D eigenvalue weighted by Gasteiger charge is 2.22. The monoisotopic (exact) mass is 262 g/mol. The summed E-state index contributed by atoms with van der Waals surface area (Å²) in [7, 11) is 0. The van der Waals surface area contributed by atoms with E-state index in [0.717, 1.165) is 0 Å². The smallest absolute Gasteiger partial charge is 0.408 e. The predicted molar refractivity (Wildman–Crippen MR) is 66.8 cm³/mol. The Morgan fingerprint density at radius 2 is 2.00 bits per heavy atom. The third kappa shape index (κ3) is 8.44. The maximum Gasteiger partial charge on any atom is 0.408 e. The molecule has 7 heteroatoms. The lowest BCUT2D eigenvalue weighted by atomic mass is 10.1. The average Bonchev–Trinajstić information content (AvgIpc) is 2.08. The van der Waals surface area contributed by atoms with E-state index in [2.05, 4.69) is 17.5 Å². The summed E-state index contributed by atoms with van der Waals surface area (Å²) >= 11 is 4.56. The zero-order valence-electron chi connectivity index (χ0n) is 10.1. The number of carbonyl (C=O) groups is 2. The van der Waals surface area contributed by atoms with Gasteiger partial charge in [0.05, 0.1) is 0 Å². The van der Waals surface area contributed by atoms with Crippen LogP contribution in [0, 0.1) is 0 Å². The molecule has 0 fully saturated rings. The Bertz CT molecular complexity index is 312. The van der Waals surface area contributed by atoms with Gasteiger partial charge in [0.25, 0.3) is 0 Å². The van der Waals surface area contributed by atoms with Gasteiger partial charge in [-0.2, -0.15) is 0 Å². The molecule has 0 aliphatic carbocycles. The van der Waals surface area contributed by atoms with Gasteiger partial charge in [-0.3, -0.25) is 4.79 Å². The SMILES string of the molecule is CC(C)(C)OC(=O)NC(CCC(N)=O)C(O)=S. The van der Waals surface area contributed by atoms with Crippen LogP contribution in [0.1, 0.15) is 33.6 Å². The molecular formula is C10H18N2O4S. The highest BCUT2D eigenvalue weighted by Crippen LogP contribution is 2.08. The molecule has 0 aromatic heterocycles. The van der Waals surface area contributed by atoms with Crippen molar-refractivity contribution in [3.63, 3.8) is 0 Å². The van der Waals surface area contributed by atoms with E-state index >= 15 is 0 Å². The van der Waals surface area contributed by atoms with E-state index in [9.17, 15) is 14.7 Å². The number of ether oxygens (including phenoxy) is 1. The van der Waals surface area contributed by atoms with Crippen molar-refractivity contribution in [1.29, 1.82) is 0 Å². The maximum absolute atomic E-state index is 11.4.